The molecule has 0 radical (unpaired) electrons. The maximum Gasteiger partial charge on any atom is 0.0165 e. The highest BCUT2D eigenvalue weighted by Gasteiger charge is 2.42. The van der Waals surface area contributed by atoms with Crippen LogP contribution in [0.15, 0.2) is 182 Å². The van der Waals surface area contributed by atoms with Gasteiger partial charge in [-0.3, -0.25) is 0 Å². The Morgan fingerprint density at radius 1 is 0.311 bits per heavy atom. The summed E-state index contributed by atoms with van der Waals surface area (Å²) in [6.45, 7) is 9.71. The molecule has 0 heteroatoms. The Morgan fingerprint density at radius 2 is 0.820 bits per heavy atom. The van der Waals surface area contributed by atoms with Crippen molar-refractivity contribution in [3.63, 3.8) is 0 Å². The lowest BCUT2D eigenvalue weighted by Gasteiger charge is -2.25. The lowest BCUT2D eigenvalue weighted by Crippen LogP contribution is -2.16. The molecule has 0 saturated heterocycles. The van der Waals surface area contributed by atoms with Crippen molar-refractivity contribution in [2.45, 2.75) is 44.9 Å². The van der Waals surface area contributed by atoms with Crippen LogP contribution in [-0.2, 0) is 17.3 Å². The van der Waals surface area contributed by atoms with E-state index in [9.17, 15) is 0 Å². The van der Waals surface area contributed by atoms with Crippen molar-refractivity contribution < 1.29 is 0 Å². The standard InChI is InChI=1S/C61H44/c1-60(2)52-31-28-40(56-47-24-14-12-22-45(47)55(36-16-6-5-7-17-36)46-23-13-15-25-48(46)56)34-49(52)43-29-26-38(35-54(43)60)37-27-30-53-51(32-37)58-44-21-11-10-20-42(44)50-33-39-18-8-9-19-41(39)57(50)59(58)61(53,3)4/h5-32,34-35H,33H2,1-4H3. The second-order valence-corrected chi connectivity index (χ2v) is 18.7. The zero-order chi connectivity index (χ0) is 40.8. The maximum absolute atomic E-state index is 2.51. The molecule has 61 heavy (non-hydrogen) atoms. The summed E-state index contributed by atoms with van der Waals surface area (Å²) in [4.78, 5) is 0. The lowest BCUT2D eigenvalue weighted by molar-refractivity contribution is 0.660. The molecule has 13 rings (SSSR count). The first-order valence-corrected chi connectivity index (χ1v) is 21.9. The third kappa shape index (κ3) is 4.66. The zero-order valence-corrected chi connectivity index (χ0v) is 35.0. The summed E-state index contributed by atoms with van der Waals surface area (Å²) < 4.78 is 0. The molecular weight excluding hydrogens is 733 g/mol. The van der Waals surface area contributed by atoms with Crippen molar-refractivity contribution >= 4 is 32.3 Å². The van der Waals surface area contributed by atoms with E-state index in [0.29, 0.717) is 0 Å². The summed E-state index contributed by atoms with van der Waals surface area (Å²) in [5.74, 6) is 0. The first kappa shape index (κ1) is 34.8. The largest absolute Gasteiger partial charge is 0.0622 e. The molecule has 10 aromatic rings. The smallest absolute Gasteiger partial charge is 0.0165 e. The molecule has 0 fully saturated rings. The Hall–Kier alpha value is -7.02. The monoisotopic (exact) mass is 776 g/mol. The Kier molecular flexibility index (Phi) is 7.00. The SMILES string of the molecule is CC1(C)c2ccc(-c3c4ccccc4c(-c4ccccc4)c4ccccc34)cc2-c2ccc(-c3ccc4c(c3)-c3c(c5c(c6ccccc36)Cc3ccccc3-5)C4(C)C)cc21. The van der Waals surface area contributed by atoms with E-state index in [1.165, 1.54) is 132 Å². The summed E-state index contributed by atoms with van der Waals surface area (Å²) in [5, 5.41) is 7.93. The number of rotatable bonds is 3. The Labute approximate surface area is 357 Å². The highest BCUT2D eigenvalue weighted by atomic mass is 14.4. The van der Waals surface area contributed by atoms with Gasteiger partial charge in [-0.05, 0) is 157 Å². The Bertz CT molecular complexity index is 3480. The van der Waals surface area contributed by atoms with Gasteiger partial charge in [0, 0.05) is 10.8 Å². The van der Waals surface area contributed by atoms with Crippen LogP contribution in [0.25, 0.3) is 99.1 Å². The van der Waals surface area contributed by atoms with Gasteiger partial charge in [0.05, 0.1) is 0 Å². The zero-order valence-electron chi connectivity index (χ0n) is 35.0. The van der Waals surface area contributed by atoms with Crippen molar-refractivity contribution in [2.75, 3.05) is 0 Å². The second-order valence-electron chi connectivity index (χ2n) is 18.7. The van der Waals surface area contributed by atoms with Crippen molar-refractivity contribution in [3.8, 4) is 66.8 Å². The average Bonchev–Trinajstić information content (AvgIpc) is 3.87. The van der Waals surface area contributed by atoms with Crippen LogP contribution >= 0.6 is 0 Å². The number of hydrogen-bond donors (Lipinski definition) is 0. The molecular formula is C61H44. The first-order valence-electron chi connectivity index (χ1n) is 21.9. The summed E-state index contributed by atoms with van der Waals surface area (Å²) in [5.41, 5.74) is 24.4. The highest BCUT2D eigenvalue weighted by Crippen LogP contribution is 2.59. The molecule has 0 bridgehead atoms. The molecule has 0 aromatic heterocycles. The quantitative estimate of drug-likeness (QED) is 0.157. The fourth-order valence-electron chi connectivity index (χ4n) is 12.1. The van der Waals surface area contributed by atoms with Crippen LogP contribution in [0, 0.1) is 0 Å². The molecule has 0 amide bonds. The summed E-state index contributed by atoms with van der Waals surface area (Å²) in [7, 11) is 0. The fraction of sp³-hybridized carbons (Fsp3) is 0.115. The molecule has 0 spiro atoms. The minimum atomic E-state index is -0.143. The molecule has 0 N–H and O–H groups in total. The topological polar surface area (TPSA) is 0 Å². The van der Waals surface area contributed by atoms with Gasteiger partial charge in [-0.2, -0.15) is 0 Å². The van der Waals surface area contributed by atoms with E-state index < -0.39 is 0 Å². The second kappa shape index (κ2) is 12.3. The molecule has 0 unspecified atom stereocenters. The lowest BCUT2D eigenvalue weighted by atomic mass is 9.77. The van der Waals surface area contributed by atoms with Gasteiger partial charge in [-0.15, -0.1) is 0 Å². The van der Waals surface area contributed by atoms with Gasteiger partial charge in [0.1, 0.15) is 0 Å². The predicted molar refractivity (Wildman–Crippen MR) is 259 cm³/mol. The molecule has 0 saturated carbocycles. The Morgan fingerprint density at radius 3 is 1.51 bits per heavy atom. The molecule has 10 aromatic carbocycles. The molecule has 0 nitrogen and oxygen atoms in total. The average molecular weight is 777 g/mol. The van der Waals surface area contributed by atoms with Crippen LogP contribution in [0.1, 0.15) is 61.1 Å². The molecule has 0 heterocycles. The highest BCUT2D eigenvalue weighted by molar-refractivity contribution is 6.21. The van der Waals surface area contributed by atoms with Gasteiger partial charge in [-0.1, -0.05) is 191 Å². The molecule has 3 aliphatic carbocycles. The molecule has 0 aliphatic heterocycles. The first-order chi connectivity index (χ1) is 29.8. The van der Waals surface area contributed by atoms with E-state index in [-0.39, 0.29) is 10.8 Å². The van der Waals surface area contributed by atoms with Crippen LogP contribution in [0.4, 0.5) is 0 Å². The number of hydrogen-bond acceptors (Lipinski definition) is 0. The van der Waals surface area contributed by atoms with Gasteiger partial charge in [0.25, 0.3) is 0 Å². The van der Waals surface area contributed by atoms with Crippen molar-refractivity contribution in [2.24, 2.45) is 0 Å². The fourth-order valence-corrected chi connectivity index (χ4v) is 12.1. The summed E-state index contributed by atoms with van der Waals surface area (Å²) in [6.07, 6.45) is 0.999. The molecule has 0 atom stereocenters. The van der Waals surface area contributed by atoms with E-state index in [0.717, 1.165) is 6.42 Å². The van der Waals surface area contributed by atoms with Crippen LogP contribution in [0.3, 0.4) is 0 Å². The van der Waals surface area contributed by atoms with Gasteiger partial charge >= 0.3 is 0 Å². The van der Waals surface area contributed by atoms with Crippen molar-refractivity contribution in [1.82, 2.24) is 0 Å². The van der Waals surface area contributed by atoms with Gasteiger partial charge in [0.2, 0.25) is 0 Å². The Balaban J connectivity index is 0.964. The number of fused-ring (bicyclic) bond motifs is 15. The van der Waals surface area contributed by atoms with Crippen molar-refractivity contribution in [3.05, 3.63) is 215 Å². The van der Waals surface area contributed by atoms with E-state index in [1.54, 1.807) is 0 Å². The third-order valence-electron chi connectivity index (χ3n) is 14.9. The van der Waals surface area contributed by atoms with Gasteiger partial charge in [-0.25, -0.2) is 0 Å². The van der Waals surface area contributed by atoms with Crippen molar-refractivity contribution in [1.29, 1.82) is 0 Å². The van der Waals surface area contributed by atoms with Crippen LogP contribution in [-0.4, -0.2) is 0 Å². The molecule has 288 valence electrons. The number of benzene rings is 10. The predicted octanol–water partition coefficient (Wildman–Crippen LogP) is 16.3. The summed E-state index contributed by atoms with van der Waals surface area (Å²) >= 11 is 0. The van der Waals surface area contributed by atoms with Crippen LogP contribution in [0.5, 0.6) is 0 Å². The van der Waals surface area contributed by atoms with E-state index >= 15 is 0 Å². The third-order valence-corrected chi connectivity index (χ3v) is 14.9. The summed E-state index contributed by atoms with van der Waals surface area (Å²) in [6, 6.07) is 68.9. The van der Waals surface area contributed by atoms with Gasteiger partial charge in [0.15, 0.2) is 0 Å². The van der Waals surface area contributed by atoms with E-state index in [2.05, 4.69) is 210 Å². The minimum absolute atomic E-state index is 0.118. The normalized spacial score (nSPS) is 14.8. The maximum atomic E-state index is 2.51. The van der Waals surface area contributed by atoms with Crippen LogP contribution < -0.4 is 0 Å². The van der Waals surface area contributed by atoms with E-state index in [4.69, 9.17) is 0 Å². The van der Waals surface area contributed by atoms with Crippen LogP contribution in [0.2, 0.25) is 0 Å². The van der Waals surface area contributed by atoms with E-state index in [1.807, 2.05) is 0 Å². The minimum Gasteiger partial charge on any atom is -0.0622 e. The van der Waals surface area contributed by atoms with Gasteiger partial charge < -0.3 is 0 Å². The molecule has 3 aliphatic rings.